The Balaban J connectivity index is 0.000000355. The van der Waals surface area contributed by atoms with E-state index < -0.39 is 16.8 Å². The maximum Gasteiger partial charge on any atom is 0.125 e. The molecule has 19 heteroatoms. The molecule has 149 heavy (non-hydrogen) atoms. The summed E-state index contributed by atoms with van der Waals surface area (Å²) in [6, 6.07) is 58.9. The highest BCUT2D eigenvalue weighted by molar-refractivity contribution is 5.44. The fourth-order valence-corrected chi connectivity index (χ4v) is 17.0. The van der Waals surface area contributed by atoms with Gasteiger partial charge in [0.25, 0.3) is 0 Å². The van der Waals surface area contributed by atoms with Crippen molar-refractivity contribution < 1.29 is 91.1 Å². The molecular formula is C130H206O19. The summed E-state index contributed by atoms with van der Waals surface area (Å²) in [7, 11) is 0. The average molecular weight is 2070 g/mol. The molecule has 3 saturated carbocycles. The fraction of sp³-hybridized carbons (Fsp3) is 0.631. The lowest BCUT2D eigenvalue weighted by atomic mass is 9.88. The van der Waals surface area contributed by atoms with Gasteiger partial charge in [-0.05, 0) is 275 Å². The van der Waals surface area contributed by atoms with Gasteiger partial charge in [-0.1, -0.05) is 282 Å². The van der Waals surface area contributed by atoms with Gasteiger partial charge in [-0.2, -0.15) is 0 Å². The normalized spacial score (nSPS) is 13.4. The van der Waals surface area contributed by atoms with Crippen LogP contribution in [-0.2, 0) is 0 Å². The molecule has 0 amide bonds. The Labute approximate surface area is 905 Å². The van der Waals surface area contributed by atoms with Crippen LogP contribution in [0.2, 0.25) is 0 Å². The molecule has 0 spiro atoms. The molecule has 11 rings (SSSR count). The molecule has 0 bridgehead atoms. The third-order valence-electron chi connectivity index (χ3n) is 26.4. The lowest BCUT2D eigenvalue weighted by Crippen LogP contribution is -2.36. The predicted octanol–water partition coefficient (Wildman–Crippen LogP) is 34.7. The molecule has 8 aromatic carbocycles. The van der Waals surface area contributed by atoms with Crippen LogP contribution in [0.15, 0.2) is 182 Å². The quantitative estimate of drug-likeness (QED) is 0.0324. The number of ether oxygens (including phenoxy) is 16. The van der Waals surface area contributed by atoms with E-state index >= 15 is 0 Å². The van der Waals surface area contributed by atoms with Crippen molar-refractivity contribution in [2.24, 2.45) is 29.6 Å². The Hall–Kier alpha value is -9.56. The smallest absolute Gasteiger partial charge is 0.125 e. The van der Waals surface area contributed by atoms with E-state index in [2.05, 4.69) is 143 Å². The number of aliphatic hydroxyl groups is 3. The summed E-state index contributed by atoms with van der Waals surface area (Å²) in [5.74, 6) is 17.5. The zero-order valence-corrected chi connectivity index (χ0v) is 96.8. The van der Waals surface area contributed by atoms with Gasteiger partial charge in [0.15, 0.2) is 0 Å². The van der Waals surface area contributed by atoms with Crippen LogP contribution in [0.3, 0.4) is 0 Å². The third-order valence-corrected chi connectivity index (χ3v) is 26.4. The maximum absolute atomic E-state index is 10.7. The first-order valence-electron chi connectivity index (χ1n) is 58.4. The molecule has 8 aromatic rings. The largest absolute Gasteiger partial charge is 0.493 e. The van der Waals surface area contributed by atoms with Crippen LogP contribution in [0.25, 0.3) is 0 Å². The Bertz CT molecular complexity index is 4510. The minimum absolute atomic E-state index is 0.317. The van der Waals surface area contributed by atoms with E-state index in [0.717, 1.165) is 285 Å². The van der Waals surface area contributed by atoms with Gasteiger partial charge in [0.05, 0.1) is 103 Å². The fourth-order valence-electron chi connectivity index (χ4n) is 17.0. The molecule has 3 aliphatic carbocycles. The van der Waals surface area contributed by atoms with Gasteiger partial charge in [0, 0.05) is 48.0 Å². The van der Waals surface area contributed by atoms with Crippen LogP contribution in [0.4, 0.5) is 0 Å². The molecule has 0 unspecified atom stereocenters. The van der Waals surface area contributed by atoms with Gasteiger partial charge in [0.2, 0.25) is 0 Å². The monoisotopic (exact) mass is 2070 g/mol. The molecule has 0 aliphatic heterocycles. The minimum Gasteiger partial charge on any atom is -0.493 e. The first-order valence-corrected chi connectivity index (χ1v) is 58.4. The lowest BCUT2D eigenvalue weighted by Gasteiger charge is -2.30. The zero-order chi connectivity index (χ0) is 108. The number of hydrogen-bond donors (Lipinski definition) is 3. The van der Waals surface area contributed by atoms with Gasteiger partial charge < -0.3 is 91.1 Å². The number of hydrogen-bond acceptors (Lipinski definition) is 19. The third kappa shape index (κ3) is 61.1. The average Bonchev–Trinajstić information content (AvgIpc) is 0.857. The summed E-state index contributed by atoms with van der Waals surface area (Å²) in [5.41, 5.74) is 0.190. The molecule has 0 heterocycles. The maximum atomic E-state index is 10.7. The predicted molar refractivity (Wildman–Crippen MR) is 619 cm³/mol. The Morgan fingerprint density at radius 3 is 0.940 bits per heavy atom. The zero-order valence-electron chi connectivity index (χ0n) is 96.8. The van der Waals surface area contributed by atoms with E-state index in [1.807, 2.05) is 178 Å². The molecule has 3 aliphatic rings. The topological polar surface area (TPSA) is 208 Å². The van der Waals surface area contributed by atoms with Gasteiger partial charge >= 0.3 is 0 Å². The molecule has 0 radical (unpaired) electrons. The van der Waals surface area contributed by atoms with Crippen molar-refractivity contribution in [2.45, 2.75) is 399 Å². The highest BCUT2D eigenvalue weighted by Crippen LogP contribution is 2.36. The summed E-state index contributed by atoms with van der Waals surface area (Å²) in [6.07, 6.45) is 42.5. The first kappa shape index (κ1) is 132. The van der Waals surface area contributed by atoms with Crippen LogP contribution >= 0.6 is 0 Å². The van der Waals surface area contributed by atoms with Crippen LogP contribution in [0, 0.1) is 43.4 Å². The lowest BCUT2D eigenvalue weighted by molar-refractivity contribution is -0.0257. The van der Waals surface area contributed by atoms with Gasteiger partial charge in [-0.25, -0.2) is 0 Å². The number of aryl methyl sites for hydroxylation is 1. The van der Waals surface area contributed by atoms with E-state index in [0.29, 0.717) is 70.2 Å². The highest BCUT2D eigenvalue weighted by Gasteiger charge is 2.30. The molecular weight excluding hydrogens is 1870 g/mol. The van der Waals surface area contributed by atoms with Crippen LogP contribution in [0.5, 0.6) is 92.0 Å². The number of benzene rings is 8. The van der Waals surface area contributed by atoms with Crippen LogP contribution in [-0.4, -0.2) is 138 Å². The van der Waals surface area contributed by atoms with Crippen molar-refractivity contribution in [2.75, 3.05) is 106 Å². The van der Waals surface area contributed by atoms with Crippen molar-refractivity contribution in [3.05, 3.63) is 193 Å². The summed E-state index contributed by atoms with van der Waals surface area (Å²) < 4.78 is 91.5. The first-order chi connectivity index (χ1) is 72.4. The van der Waals surface area contributed by atoms with E-state index in [-0.39, 0.29) is 0 Å². The summed E-state index contributed by atoms with van der Waals surface area (Å²) >= 11 is 0. The van der Waals surface area contributed by atoms with Crippen molar-refractivity contribution in [1.29, 1.82) is 0 Å². The Morgan fingerprint density at radius 1 is 0.282 bits per heavy atom. The minimum atomic E-state index is -0.736. The molecule has 3 fully saturated rings. The molecule has 0 saturated heterocycles. The van der Waals surface area contributed by atoms with Crippen LogP contribution in [0.1, 0.15) is 380 Å². The number of rotatable bonds is 61. The summed E-state index contributed by atoms with van der Waals surface area (Å²) in [4.78, 5) is 0. The van der Waals surface area contributed by atoms with Crippen LogP contribution < -0.4 is 75.8 Å². The van der Waals surface area contributed by atoms with Crippen molar-refractivity contribution in [3.8, 4) is 92.0 Å². The Kier molecular flexibility index (Phi) is 73.4. The van der Waals surface area contributed by atoms with E-state index in [1.165, 1.54) is 128 Å². The van der Waals surface area contributed by atoms with E-state index in [9.17, 15) is 15.3 Å². The molecule has 19 nitrogen and oxygen atoms in total. The second-order valence-electron chi connectivity index (χ2n) is 40.9. The van der Waals surface area contributed by atoms with E-state index in [1.54, 1.807) is 0 Å². The Morgan fingerprint density at radius 2 is 0.584 bits per heavy atom. The van der Waals surface area contributed by atoms with E-state index in [4.69, 9.17) is 75.8 Å². The highest BCUT2D eigenvalue weighted by atomic mass is 16.5. The molecule has 840 valence electrons. The summed E-state index contributed by atoms with van der Waals surface area (Å²) in [5, 5.41) is 31.4. The molecule has 3 N–H and O–H groups in total. The van der Waals surface area contributed by atoms with Gasteiger partial charge in [-0.15, -0.1) is 0 Å². The van der Waals surface area contributed by atoms with Crippen molar-refractivity contribution in [3.63, 3.8) is 0 Å². The van der Waals surface area contributed by atoms with Gasteiger partial charge in [0.1, 0.15) is 112 Å². The summed E-state index contributed by atoms with van der Waals surface area (Å²) in [6.45, 7) is 53.4. The molecule has 0 atom stereocenters. The van der Waals surface area contributed by atoms with Crippen molar-refractivity contribution in [1.82, 2.24) is 0 Å². The van der Waals surface area contributed by atoms with Crippen molar-refractivity contribution >= 4 is 0 Å². The van der Waals surface area contributed by atoms with Gasteiger partial charge in [-0.3, -0.25) is 0 Å². The second kappa shape index (κ2) is 83.1. The molecule has 0 aromatic heterocycles. The standard InChI is InChI=1S/C18H28O3.C17H28O3.2C17H26O2.C17H28O2.C15H24O3.C15H24O2.C14H22O2/c1-2-13-20-16-9-8-10-17(14-16)21-15-18(19)11-6-4-3-5-7-12-18;1-4-10-17(18,11-5-2)14-20-16-9-7-8-15(13-16)19-12-6-3;1-3-12-18-16-10-7-11-17(14(16)2)19-13-15-8-5-4-6-9-15;1-3-11-18-17-12-16(10-9-14(17)2)19-13-15-7-5-4-6-8-15;1-4-8-15(9-5-2)14-19-17-11-7-10-16(13-17)18-12-6-3;1-4-10-17-13-8-7-9-14(11-13)18-12-15(16,5-2)6-3;1-4-10-16-14-8-7-9-15(11-14)17-12-13(5-2)6-3;1-4-9-15-13-6-5-7-14(11-13)16-10-8-12(2)3/h8-10,14,19H,2-7,11-13,15H2,1H3;7-9,13,18H,4-6,10-12,14H2,1-3H3;7,10-11,15H,3-6,8-9,12-13H2,1-2H3;9-10,12,15H,3-8,11,13H2,1-2H3;7,10-11,13,15H,4-6,8-9,12,14H2,1-3H3;7-9,11,16H,4-6,10,12H2,1-3H3;7-9,11,13H,4-6,10,12H2,1-3H3;5-7,11-12H,4,8-10H2,1-3H3. The SMILES string of the molecule is CCCOc1cc(OCC2CCCCC2)ccc1C.CCCOc1cccc(OCC(CC)CC)c1.CCCOc1cccc(OCC(CCC)CCC)c1.CCCOc1cccc(OCC(O)(CC)CC)c1.CCCOc1cccc(OCC(O)(CCC)CCC)c1.CCCOc1cccc(OCC2(O)CCCCCCC2)c1.CCCOc1cccc(OCC2CCCCC2)c1C.CCCOc1cccc(OCCC(C)C)c1. The second-order valence-corrected chi connectivity index (χ2v) is 40.9.